The summed E-state index contributed by atoms with van der Waals surface area (Å²) in [6.07, 6.45) is 1.15. The highest BCUT2D eigenvalue weighted by Crippen LogP contribution is 2.26. The maximum atomic E-state index is 8.86. The van der Waals surface area contributed by atoms with E-state index < -0.39 is 0 Å². The van der Waals surface area contributed by atoms with Crippen LogP contribution in [0.5, 0.6) is 0 Å². The number of nitriles is 1. The Kier molecular flexibility index (Phi) is 2.34. The summed E-state index contributed by atoms with van der Waals surface area (Å²) in [7, 11) is 2.14. The molecule has 1 unspecified atom stereocenters. The molecular weight excluding hydrogens is 212 g/mol. The number of nitrogens with one attached hydrogen (secondary N) is 1. The van der Waals surface area contributed by atoms with Crippen molar-refractivity contribution in [1.29, 1.82) is 5.26 Å². The third-order valence-electron chi connectivity index (χ3n) is 3.41. The third-order valence-corrected chi connectivity index (χ3v) is 3.41. The number of likely N-dealkylation sites (N-methyl/N-ethyl adjacent to an activating group) is 1. The molecule has 86 valence electrons. The van der Waals surface area contributed by atoms with E-state index in [-0.39, 0.29) is 0 Å². The fourth-order valence-corrected chi connectivity index (χ4v) is 2.45. The molecule has 1 aromatic carbocycles. The summed E-state index contributed by atoms with van der Waals surface area (Å²) in [5.41, 5.74) is 2.60. The Balaban J connectivity index is 1.99. The lowest BCUT2D eigenvalue weighted by molar-refractivity contribution is 0.410. The van der Waals surface area contributed by atoms with Gasteiger partial charge in [-0.2, -0.15) is 5.26 Å². The normalized spacial score (nSPS) is 20.8. The highest BCUT2D eigenvalue weighted by atomic mass is 15.1. The van der Waals surface area contributed by atoms with Crippen molar-refractivity contribution in [1.82, 2.24) is 14.9 Å². The number of nitrogens with zero attached hydrogens (tertiary/aromatic N) is 3. The molecule has 17 heavy (non-hydrogen) atoms. The van der Waals surface area contributed by atoms with Gasteiger partial charge in [0.25, 0.3) is 0 Å². The summed E-state index contributed by atoms with van der Waals surface area (Å²) in [5.74, 6) is 1.55. The fraction of sp³-hybridized carbons (Fsp3) is 0.385. The SMILES string of the molecule is CN1CCC(c2nc3ccc(C#N)cc3[nH]2)C1. The van der Waals surface area contributed by atoms with Gasteiger partial charge in [-0.1, -0.05) is 0 Å². The molecule has 1 atom stereocenters. The second-order valence-corrected chi connectivity index (χ2v) is 4.71. The second-order valence-electron chi connectivity index (χ2n) is 4.71. The van der Waals surface area contributed by atoms with Gasteiger partial charge in [0.05, 0.1) is 22.7 Å². The molecular formula is C13H14N4. The van der Waals surface area contributed by atoms with Crippen LogP contribution in [0.25, 0.3) is 11.0 Å². The summed E-state index contributed by atoms with van der Waals surface area (Å²) in [6, 6.07) is 7.74. The summed E-state index contributed by atoms with van der Waals surface area (Å²) in [5, 5.41) is 8.86. The number of aromatic nitrogens is 2. The number of imidazole rings is 1. The molecule has 0 aliphatic carbocycles. The van der Waals surface area contributed by atoms with Crippen LogP contribution in [0, 0.1) is 11.3 Å². The van der Waals surface area contributed by atoms with E-state index in [1.807, 2.05) is 18.2 Å². The minimum Gasteiger partial charge on any atom is -0.342 e. The highest BCUT2D eigenvalue weighted by Gasteiger charge is 2.23. The number of aromatic amines is 1. The summed E-state index contributed by atoms with van der Waals surface area (Å²) >= 11 is 0. The maximum absolute atomic E-state index is 8.86. The fourth-order valence-electron chi connectivity index (χ4n) is 2.45. The lowest BCUT2D eigenvalue weighted by atomic mass is 10.1. The Morgan fingerprint density at radius 1 is 1.53 bits per heavy atom. The second kappa shape index (κ2) is 3.86. The topological polar surface area (TPSA) is 55.7 Å². The van der Waals surface area contributed by atoms with Crippen LogP contribution in [0.1, 0.15) is 23.7 Å². The molecule has 0 bridgehead atoms. The summed E-state index contributed by atoms with van der Waals surface area (Å²) < 4.78 is 0. The van der Waals surface area contributed by atoms with Crippen molar-refractivity contribution >= 4 is 11.0 Å². The van der Waals surface area contributed by atoms with Crippen LogP contribution in [0.2, 0.25) is 0 Å². The number of hydrogen-bond acceptors (Lipinski definition) is 3. The predicted octanol–water partition coefficient (Wildman–Crippen LogP) is 1.85. The maximum Gasteiger partial charge on any atom is 0.111 e. The number of benzene rings is 1. The van der Waals surface area contributed by atoms with Gasteiger partial charge in [-0.15, -0.1) is 0 Å². The molecule has 0 spiro atoms. The van der Waals surface area contributed by atoms with Crippen LogP contribution in [0.4, 0.5) is 0 Å². The van der Waals surface area contributed by atoms with E-state index in [1.165, 1.54) is 0 Å². The largest absolute Gasteiger partial charge is 0.342 e. The number of hydrogen-bond donors (Lipinski definition) is 1. The number of H-pyrrole nitrogens is 1. The lowest BCUT2D eigenvalue weighted by Gasteiger charge is -2.06. The average Bonchev–Trinajstić information content (AvgIpc) is 2.93. The number of likely N-dealkylation sites (tertiary alicyclic amines) is 1. The predicted molar refractivity (Wildman–Crippen MR) is 65.7 cm³/mol. The van der Waals surface area contributed by atoms with Crippen LogP contribution in [-0.4, -0.2) is 35.0 Å². The van der Waals surface area contributed by atoms with Gasteiger partial charge in [-0.25, -0.2) is 4.98 Å². The first-order valence-corrected chi connectivity index (χ1v) is 5.84. The van der Waals surface area contributed by atoms with E-state index in [0.717, 1.165) is 36.4 Å². The van der Waals surface area contributed by atoms with Gasteiger partial charge in [0.2, 0.25) is 0 Å². The zero-order valence-corrected chi connectivity index (χ0v) is 9.77. The van der Waals surface area contributed by atoms with E-state index in [1.54, 1.807) is 0 Å². The molecule has 0 saturated carbocycles. The quantitative estimate of drug-likeness (QED) is 0.807. The van der Waals surface area contributed by atoms with Gasteiger partial charge in [0, 0.05) is 12.5 Å². The smallest absolute Gasteiger partial charge is 0.111 e. The molecule has 2 aromatic rings. The Labute approximate surface area is 99.9 Å². The van der Waals surface area contributed by atoms with Gasteiger partial charge in [0.1, 0.15) is 5.82 Å². The van der Waals surface area contributed by atoms with Crippen molar-refractivity contribution in [2.45, 2.75) is 12.3 Å². The average molecular weight is 226 g/mol. The number of rotatable bonds is 1. The molecule has 3 rings (SSSR count). The molecule has 4 nitrogen and oxygen atoms in total. The van der Waals surface area contributed by atoms with E-state index in [2.05, 4.69) is 28.0 Å². The van der Waals surface area contributed by atoms with E-state index in [0.29, 0.717) is 11.5 Å². The minimum atomic E-state index is 0.498. The molecule has 2 heterocycles. The molecule has 1 aliphatic rings. The zero-order chi connectivity index (χ0) is 11.8. The molecule has 1 aliphatic heterocycles. The molecule has 0 radical (unpaired) electrons. The van der Waals surface area contributed by atoms with Gasteiger partial charge >= 0.3 is 0 Å². The van der Waals surface area contributed by atoms with Crippen LogP contribution in [-0.2, 0) is 0 Å². The molecule has 4 heteroatoms. The van der Waals surface area contributed by atoms with E-state index in [4.69, 9.17) is 5.26 Å². The van der Waals surface area contributed by atoms with Gasteiger partial charge in [0.15, 0.2) is 0 Å². The van der Waals surface area contributed by atoms with Crippen LogP contribution in [0.3, 0.4) is 0 Å². The Morgan fingerprint density at radius 2 is 2.41 bits per heavy atom. The van der Waals surface area contributed by atoms with E-state index in [9.17, 15) is 0 Å². The van der Waals surface area contributed by atoms with Crippen LogP contribution >= 0.6 is 0 Å². The van der Waals surface area contributed by atoms with Crippen molar-refractivity contribution in [2.75, 3.05) is 20.1 Å². The Hall–Kier alpha value is -1.86. The van der Waals surface area contributed by atoms with Gasteiger partial charge in [-0.05, 0) is 38.2 Å². The van der Waals surface area contributed by atoms with Crippen molar-refractivity contribution in [3.05, 3.63) is 29.6 Å². The summed E-state index contributed by atoms with van der Waals surface area (Å²) in [4.78, 5) is 10.3. The van der Waals surface area contributed by atoms with Crippen LogP contribution < -0.4 is 0 Å². The Morgan fingerprint density at radius 3 is 3.12 bits per heavy atom. The Bertz CT molecular complexity index is 593. The van der Waals surface area contributed by atoms with E-state index >= 15 is 0 Å². The standard InChI is InChI=1S/C13H14N4/c1-17-5-4-10(8-17)13-15-11-3-2-9(7-14)6-12(11)16-13/h2-3,6,10H,4-5,8H2,1H3,(H,15,16). The number of fused-ring (bicyclic) bond motifs is 1. The van der Waals surface area contributed by atoms with Gasteiger partial charge < -0.3 is 9.88 Å². The highest BCUT2D eigenvalue weighted by molar-refractivity contribution is 5.76. The minimum absolute atomic E-state index is 0.498. The molecule has 1 saturated heterocycles. The van der Waals surface area contributed by atoms with Crippen molar-refractivity contribution in [3.8, 4) is 6.07 Å². The first-order chi connectivity index (χ1) is 8.26. The van der Waals surface area contributed by atoms with Crippen LogP contribution in [0.15, 0.2) is 18.2 Å². The molecule has 1 fully saturated rings. The first-order valence-electron chi connectivity index (χ1n) is 5.84. The van der Waals surface area contributed by atoms with Gasteiger partial charge in [-0.3, -0.25) is 0 Å². The molecule has 1 N–H and O–H groups in total. The molecule has 0 amide bonds. The van der Waals surface area contributed by atoms with Crippen molar-refractivity contribution < 1.29 is 0 Å². The lowest BCUT2D eigenvalue weighted by Crippen LogP contribution is -2.13. The van der Waals surface area contributed by atoms with Crippen molar-refractivity contribution in [3.63, 3.8) is 0 Å². The van der Waals surface area contributed by atoms with Crippen molar-refractivity contribution in [2.24, 2.45) is 0 Å². The third kappa shape index (κ3) is 1.79. The first kappa shape index (κ1) is 10.3. The molecule has 1 aromatic heterocycles. The monoisotopic (exact) mass is 226 g/mol. The zero-order valence-electron chi connectivity index (χ0n) is 9.77. The summed E-state index contributed by atoms with van der Waals surface area (Å²) in [6.45, 7) is 2.19.